The Morgan fingerprint density at radius 2 is 1.93 bits per heavy atom. The molecule has 2 aromatic heterocycles. The fourth-order valence-electron chi connectivity index (χ4n) is 2.94. The third kappa shape index (κ3) is 3.97. The molecule has 1 N–H and O–H groups in total. The molecule has 0 radical (unpaired) electrons. The SMILES string of the molecule is COc1ccc(-n2nnc3c(SCC(=O)Nc4cccc(C)c4C)ncnc32)cc1. The molecular weight excluding hydrogens is 400 g/mol. The van der Waals surface area contributed by atoms with Gasteiger partial charge in [0.15, 0.2) is 11.2 Å². The molecule has 0 spiro atoms. The molecule has 152 valence electrons. The molecule has 4 rings (SSSR count). The molecule has 0 bridgehead atoms. The van der Waals surface area contributed by atoms with E-state index in [2.05, 4.69) is 25.6 Å². The van der Waals surface area contributed by atoms with Crippen LogP contribution < -0.4 is 10.1 Å². The number of benzene rings is 2. The molecule has 1 amide bonds. The van der Waals surface area contributed by atoms with Gasteiger partial charge in [-0.2, -0.15) is 4.68 Å². The van der Waals surface area contributed by atoms with Crippen molar-refractivity contribution in [2.75, 3.05) is 18.2 Å². The fourth-order valence-corrected chi connectivity index (χ4v) is 3.67. The van der Waals surface area contributed by atoms with Crippen molar-refractivity contribution in [2.24, 2.45) is 0 Å². The lowest BCUT2D eigenvalue weighted by molar-refractivity contribution is -0.113. The Morgan fingerprint density at radius 3 is 2.70 bits per heavy atom. The van der Waals surface area contributed by atoms with Crippen LogP contribution in [-0.2, 0) is 4.79 Å². The first-order chi connectivity index (χ1) is 14.6. The monoisotopic (exact) mass is 420 g/mol. The normalized spacial score (nSPS) is 10.9. The number of aryl methyl sites for hydroxylation is 1. The van der Waals surface area contributed by atoms with Crippen molar-refractivity contribution in [1.29, 1.82) is 0 Å². The van der Waals surface area contributed by atoms with Gasteiger partial charge in [-0.25, -0.2) is 9.97 Å². The first kappa shape index (κ1) is 19.8. The second-order valence-electron chi connectivity index (χ2n) is 6.63. The molecule has 8 nitrogen and oxygen atoms in total. The minimum atomic E-state index is -0.108. The average molecular weight is 420 g/mol. The third-order valence-electron chi connectivity index (χ3n) is 4.74. The van der Waals surface area contributed by atoms with Crippen LogP contribution in [-0.4, -0.2) is 43.7 Å². The van der Waals surface area contributed by atoms with Crippen LogP contribution >= 0.6 is 11.8 Å². The molecule has 0 atom stereocenters. The van der Waals surface area contributed by atoms with Crippen LogP contribution in [0.25, 0.3) is 16.9 Å². The first-order valence-electron chi connectivity index (χ1n) is 9.26. The summed E-state index contributed by atoms with van der Waals surface area (Å²) in [6, 6.07) is 13.3. The van der Waals surface area contributed by atoms with Crippen LogP contribution in [0.4, 0.5) is 5.69 Å². The van der Waals surface area contributed by atoms with Crippen molar-refractivity contribution < 1.29 is 9.53 Å². The number of methoxy groups -OCH3 is 1. The maximum absolute atomic E-state index is 12.4. The van der Waals surface area contributed by atoms with Crippen LogP contribution in [0.1, 0.15) is 11.1 Å². The van der Waals surface area contributed by atoms with Crippen LogP contribution in [0.15, 0.2) is 53.8 Å². The highest BCUT2D eigenvalue weighted by Crippen LogP contribution is 2.25. The molecule has 2 aromatic carbocycles. The zero-order valence-corrected chi connectivity index (χ0v) is 17.6. The lowest BCUT2D eigenvalue weighted by Crippen LogP contribution is -2.15. The zero-order valence-electron chi connectivity index (χ0n) is 16.8. The number of thioether (sulfide) groups is 1. The number of aromatic nitrogens is 5. The van der Waals surface area contributed by atoms with E-state index in [1.54, 1.807) is 11.8 Å². The average Bonchev–Trinajstić information content (AvgIpc) is 3.20. The molecule has 0 fully saturated rings. The number of nitrogens with zero attached hydrogens (tertiary/aromatic N) is 5. The Hall–Kier alpha value is -3.46. The lowest BCUT2D eigenvalue weighted by Gasteiger charge is -2.10. The Kier molecular flexibility index (Phi) is 5.62. The molecule has 0 aliphatic carbocycles. The number of carbonyl (C=O) groups excluding carboxylic acids is 1. The Labute approximate surface area is 177 Å². The van der Waals surface area contributed by atoms with E-state index in [1.165, 1.54) is 18.1 Å². The van der Waals surface area contributed by atoms with E-state index in [-0.39, 0.29) is 11.7 Å². The van der Waals surface area contributed by atoms with Gasteiger partial charge in [-0.05, 0) is 55.3 Å². The van der Waals surface area contributed by atoms with Crippen LogP contribution in [0.5, 0.6) is 5.75 Å². The number of hydrogen-bond donors (Lipinski definition) is 1. The predicted octanol–water partition coefficient (Wildman–Crippen LogP) is 3.57. The molecule has 0 aliphatic heterocycles. The van der Waals surface area contributed by atoms with Crippen molar-refractivity contribution in [2.45, 2.75) is 18.9 Å². The van der Waals surface area contributed by atoms with Gasteiger partial charge in [0.05, 0.1) is 18.6 Å². The van der Waals surface area contributed by atoms with Gasteiger partial charge in [0, 0.05) is 5.69 Å². The molecule has 2 heterocycles. The molecule has 0 saturated heterocycles. The van der Waals surface area contributed by atoms with E-state index < -0.39 is 0 Å². The van der Waals surface area contributed by atoms with Gasteiger partial charge in [-0.3, -0.25) is 4.79 Å². The third-order valence-corrected chi connectivity index (χ3v) is 5.72. The molecule has 4 aromatic rings. The number of ether oxygens (including phenoxy) is 1. The smallest absolute Gasteiger partial charge is 0.234 e. The van der Waals surface area contributed by atoms with Crippen LogP contribution in [0, 0.1) is 13.8 Å². The standard InChI is InChI=1S/C21H20N6O2S/c1-13-5-4-6-17(14(13)2)24-18(28)11-30-21-19-20(22-12-23-21)27(26-25-19)15-7-9-16(29-3)10-8-15/h4-10,12H,11H2,1-3H3,(H,24,28). The maximum atomic E-state index is 12.4. The number of nitrogens with one attached hydrogen (secondary N) is 1. The van der Waals surface area contributed by atoms with Gasteiger partial charge in [0.25, 0.3) is 0 Å². The van der Waals surface area contributed by atoms with Gasteiger partial charge in [0.2, 0.25) is 5.91 Å². The lowest BCUT2D eigenvalue weighted by atomic mass is 10.1. The van der Waals surface area contributed by atoms with E-state index >= 15 is 0 Å². The number of rotatable bonds is 6. The Morgan fingerprint density at radius 1 is 1.13 bits per heavy atom. The quantitative estimate of drug-likeness (QED) is 0.376. The minimum Gasteiger partial charge on any atom is -0.497 e. The van der Waals surface area contributed by atoms with Gasteiger partial charge in [0.1, 0.15) is 17.1 Å². The number of hydrogen-bond acceptors (Lipinski definition) is 7. The summed E-state index contributed by atoms with van der Waals surface area (Å²) in [6.07, 6.45) is 1.46. The van der Waals surface area contributed by atoms with E-state index in [0.29, 0.717) is 16.2 Å². The number of carbonyl (C=O) groups is 1. The topological polar surface area (TPSA) is 94.8 Å². The molecule has 9 heteroatoms. The fraction of sp³-hybridized carbons (Fsp3) is 0.190. The maximum Gasteiger partial charge on any atom is 0.234 e. The van der Waals surface area contributed by atoms with Crippen molar-refractivity contribution in [3.05, 3.63) is 59.9 Å². The van der Waals surface area contributed by atoms with Crippen molar-refractivity contribution >= 4 is 34.5 Å². The predicted molar refractivity (Wildman–Crippen MR) is 116 cm³/mol. The van der Waals surface area contributed by atoms with Crippen LogP contribution in [0.3, 0.4) is 0 Å². The van der Waals surface area contributed by atoms with E-state index in [4.69, 9.17) is 4.74 Å². The summed E-state index contributed by atoms with van der Waals surface area (Å²) in [4.78, 5) is 21.1. The summed E-state index contributed by atoms with van der Waals surface area (Å²) in [5.41, 5.74) is 4.95. The molecule has 0 unspecified atom stereocenters. The van der Waals surface area contributed by atoms with Crippen LogP contribution in [0.2, 0.25) is 0 Å². The Balaban J connectivity index is 1.51. The highest BCUT2D eigenvalue weighted by molar-refractivity contribution is 8.00. The molecular formula is C21H20N6O2S. The second kappa shape index (κ2) is 8.50. The molecule has 0 saturated carbocycles. The number of fused-ring (bicyclic) bond motifs is 1. The van der Waals surface area contributed by atoms with Gasteiger partial charge >= 0.3 is 0 Å². The van der Waals surface area contributed by atoms with E-state index in [0.717, 1.165) is 28.3 Å². The summed E-state index contributed by atoms with van der Waals surface area (Å²) in [7, 11) is 1.62. The van der Waals surface area contributed by atoms with Gasteiger partial charge in [-0.1, -0.05) is 29.1 Å². The summed E-state index contributed by atoms with van der Waals surface area (Å²) >= 11 is 1.30. The second-order valence-corrected chi connectivity index (χ2v) is 7.60. The molecule has 0 aliphatic rings. The number of anilines is 1. The highest BCUT2D eigenvalue weighted by Gasteiger charge is 2.15. The van der Waals surface area contributed by atoms with Gasteiger partial charge in [-0.15, -0.1) is 5.10 Å². The first-order valence-corrected chi connectivity index (χ1v) is 10.2. The summed E-state index contributed by atoms with van der Waals surface area (Å²) in [5, 5.41) is 12.0. The zero-order chi connectivity index (χ0) is 21.1. The largest absolute Gasteiger partial charge is 0.497 e. The van der Waals surface area contributed by atoms with Crippen molar-refractivity contribution in [3.63, 3.8) is 0 Å². The number of amides is 1. The molecule has 30 heavy (non-hydrogen) atoms. The summed E-state index contributed by atoms with van der Waals surface area (Å²) < 4.78 is 6.83. The Bertz CT molecular complexity index is 1210. The summed E-state index contributed by atoms with van der Waals surface area (Å²) in [6.45, 7) is 4.01. The highest BCUT2D eigenvalue weighted by atomic mass is 32.2. The van der Waals surface area contributed by atoms with E-state index in [1.807, 2.05) is 56.3 Å². The van der Waals surface area contributed by atoms with Crippen molar-refractivity contribution in [3.8, 4) is 11.4 Å². The van der Waals surface area contributed by atoms with E-state index in [9.17, 15) is 4.79 Å². The van der Waals surface area contributed by atoms with Gasteiger partial charge < -0.3 is 10.1 Å². The van der Waals surface area contributed by atoms with Crippen molar-refractivity contribution in [1.82, 2.24) is 25.0 Å². The summed E-state index contributed by atoms with van der Waals surface area (Å²) in [5.74, 6) is 0.849. The minimum absolute atomic E-state index is 0.108.